The van der Waals surface area contributed by atoms with Crippen LogP contribution < -0.4 is 0 Å². The number of aromatic nitrogens is 4. The number of benzene rings is 8. The predicted octanol–water partition coefficient (Wildman–Crippen LogP) is 15.0. The van der Waals surface area contributed by atoms with Gasteiger partial charge in [-0.1, -0.05) is 146 Å². The molecule has 0 aliphatic carbocycles. The molecule has 10 rings (SSSR count). The average Bonchev–Trinajstić information content (AvgIpc) is 3.64. The van der Waals surface area contributed by atoms with Gasteiger partial charge in [0.05, 0.1) is 22.2 Å². The zero-order chi connectivity index (χ0) is 43.3. The van der Waals surface area contributed by atoms with Crippen LogP contribution in [0.1, 0.15) is 11.1 Å². The second-order valence-electron chi connectivity index (χ2n) is 15.1. The highest BCUT2D eigenvalue weighted by Crippen LogP contribution is 2.45. The molecule has 0 bridgehead atoms. The summed E-state index contributed by atoms with van der Waals surface area (Å²) in [6, 6.07) is 57.2. The molecule has 63 heavy (non-hydrogen) atoms. The predicted molar refractivity (Wildman–Crippen MR) is 237 cm³/mol. The van der Waals surface area contributed by atoms with Gasteiger partial charge in [0.15, 0.2) is 17.5 Å². The van der Waals surface area contributed by atoms with Crippen molar-refractivity contribution in [3.05, 3.63) is 205 Å². The van der Waals surface area contributed by atoms with Crippen molar-refractivity contribution in [3.8, 4) is 73.2 Å². The molecule has 0 aliphatic rings. The van der Waals surface area contributed by atoms with Gasteiger partial charge >= 0.3 is 12.4 Å². The van der Waals surface area contributed by atoms with Crippen molar-refractivity contribution in [1.82, 2.24) is 19.5 Å². The third-order valence-corrected chi connectivity index (χ3v) is 11.1. The molecule has 2 heterocycles. The molecule has 0 amide bonds. The van der Waals surface area contributed by atoms with Gasteiger partial charge in [-0.2, -0.15) is 26.3 Å². The fourth-order valence-corrected chi connectivity index (χ4v) is 8.13. The lowest BCUT2D eigenvalue weighted by molar-refractivity contribution is -0.142. The van der Waals surface area contributed by atoms with Gasteiger partial charge in [-0.15, -0.1) is 0 Å². The molecule has 0 saturated heterocycles. The van der Waals surface area contributed by atoms with Gasteiger partial charge in [-0.25, -0.2) is 15.0 Å². The lowest BCUT2D eigenvalue weighted by Crippen LogP contribution is -2.12. The van der Waals surface area contributed by atoms with Gasteiger partial charge < -0.3 is 4.57 Å². The minimum Gasteiger partial charge on any atom is -0.309 e. The van der Waals surface area contributed by atoms with E-state index in [1.807, 2.05) is 150 Å². The second-order valence-corrected chi connectivity index (χ2v) is 15.1. The molecular weight excluding hydrogens is 807 g/mol. The summed E-state index contributed by atoms with van der Waals surface area (Å²) < 4.78 is 88.8. The fraction of sp³-hybridized carbons (Fsp3) is 0.0377. The van der Waals surface area contributed by atoms with E-state index < -0.39 is 29.0 Å². The summed E-state index contributed by atoms with van der Waals surface area (Å²) in [5, 5.41) is 1.88. The van der Waals surface area contributed by atoms with E-state index in [1.54, 1.807) is 12.1 Å². The van der Waals surface area contributed by atoms with Crippen LogP contribution in [0.3, 0.4) is 0 Å². The maximum absolute atomic E-state index is 15.0. The van der Waals surface area contributed by atoms with Crippen LogP contribution in [0.15, 0.2) is 194 Å². The molecule has 0 N–H and O–H groups in total. The van der Waals surface area contributed by atoms with Gasteiger partial charge in [0.25, 0.3) is 0 Å². The Morgan fingerprint density at radius 3 is 1.24 bits per heavy atom. The van der Waals surface area contributed by atoms with Gasteiger partial charge in [-0.05, 0) is 81.9 Å². The molecule has 0 saturated carbocycles. The first-order valence-corrected chi connectivity index (χ1v) is 20.0. The Kier molecular flexibility index (Phi) is 9.71. The maximum Gasteiger partial charge on any atom is 0.417 e. The molecule has 306 valence electrons. The Balaban J connectivity index is 1.27. The van der Waals surface area contributed by atoms with E-state index in [0.717, 1.165) is 50.1 Å². The smallest absolute Gasteiger partial charge is 0.309 e. The largest absolute Gasteiger partial charge is 0.417 e. The first kappa shape index (κ1) is 39.3. The van der Waals surface area contributed by atoms with Crippen molar-refractivity contribution in [1.29, 1.82) is 0 Å². The van der Waals surface area contributed by atoms with Crippen molar-refractivity contribution < 1.29 is 26.3 Å². The number of fused-ring (bicyclic) bond motifs is 3. The van der Waals surface area contributed by atoms with Crippen molar-refractivity contribution in [3.63, 3.8) is 0 Å². The molecule has 0 aliphatic heterocycles. The minimum absolute atomic E-state index is 0.0116. The van der Waals surface area contributed by atoms with Gasteiger partial charge in [0.1, 0.15) is 0 Å². The third-order valence-electron chi connectivity index (χ3n) is 11.1. The minimum atomic E-state index is -5.14. The zero-order valence-corrected chi connectivity index (χ0v) is 33.0. The number of alkyl halides is 6. The summed E-state index contributed by atoms with van der Waals surface area (Å²) in [4.78, 5) is 14.5. The molecule has 0 fully saturated rings. The molecular formula is C53H32F6N4. The Morgan fingerprint density at radius 1 is 0.333 bits per heavy atom. The van der Waals surface area contributed by atoms with E-state index in [1.165, 1.54) is 6.07 Å². The van der Waals surface area contributed by atoms with E-state index in [2.05, 4.69) is 12.1 Å². The topological polar surface area (TPSA) is 43.6 Å². The molecule has 2 aromatic heterocycles. The lowest BCUT2D eigenvalue weighted by Gasteiger charge is -2.19. The number of rotatable bonds is 7. The number of hydrogen-bond acceptors (Lipinski definition) is 3. The molecule has 0 unspecified atom stereocenters. The van der Waals surface area contributed by atoms with Crippen LogP contribution in [-0.4, -0.2) is 19.5 Å². The van der Waals surface area contributed by atoms with Crippen LogP contribution in [0.25, 0.3) is 95.0 Å². The number of nitrogens with zero attached hydrogens (tertiary/aromatic N) is 4. The zero-order valence-electron chi connectivity index (χ0n) is 33.0. The fourth-order valence-electron chi connectivity index (χ4n) is 8.13. The summed E-state index contributed by atoms with van der Waals surface area (Å²) in [6.45, 7) is 0. The third kappa shape index (κ3) is 7.50. The molecule has 10 heteroatoms. The molecule has 0 atom stereocenters. The first-order valence-electron chi connectivity index (χ1n) is 20.0. The quantitative estimate of drug-likeness (QED) is 0.150. The van der Waals surface area contributed by atoms with E-state index in [0.29, 0.717) is 22.9 Å². The average molecular weight is 839 g/mol. The summed E-state index contributed by atoms with van der Waals surface area (Å²) in [5.74, 6) is 0.558. The van der Waals surface area contributed by atoms with E-state index in [-0.39, 0.29) is 34.7 Å². The Morgan fingerprint density at radius 2 is 0.778 bits per heavy atom. The van der Waals surface area contributed by atoms with Crippen molar-refractivity contribution in [2.24, 2.45) is 0 Å². The molecule has 0 spiro atoms. The first-order chi connectivity index (χ1) is 30.5. The summed E-state index contributed by atoms with van der Waals surface area (Å²) in [7, 11) is 0. The summed E-state index contributed by atoms with van der Waals surface area (Å²) in [5.41, 5.74) is 4.37. The summed E-state index contributed by atoms with van der Waals surface area (Å²) >= 11 is 0. The number of halogens is 6. The molecule has 0 radical (unpaired) electrons. The van der Waals surface area contributed by atoms with E-state index in [4.69, 9.17) is 15.0 Å². The lowest BCUT2D eigenvalue weighted by atomic mass is 9.92. The van der Waals surface area contributed by atoms with Gasteiger partial charge in [-0.3, -0.25) is 0 Å². The Bertz CT molecular complexity index is 3140. The Labute approximate surface area is 357 Å². The molecule has 8 aromatic carbocycles. The van der Waals surface area contributed by atoms with Crippen molar-refractivity contribution in [2.45, 2.75) is 12.4 Å². The number of hydrogen-bond donors (Lipinski definition) is 0. The van der Waals surface area contributed by atoms with E-state index >= 15 is 0 Å². The highest BCUT2D eigenvalue weighted by Gasteiger charge is 2.39. The van der Waals surface area contributed by atoms with Crippen LogP contribution in [0.4, 0.5) is 26.3 Å². The molecule has 10 aromatic rings. The van der Waals surface area contributed by atoms with Crippen LogP contribution in [0, 0.1) is 0 Å². The SMILES string of the molecule is FC(F)(F)c1ccc(-c2ccc(-n3c4ccc(-c5ccccc5)cc4c4cc(-c5ccccc5)ccc43)cc2-c2nc(-c3ccccc3)nc(-c3ccccc3)n2)c(C(F)(F)F)c1. The highest BCUT2D eigenvalue weighted by atomic mass is 19.4. The van der Waals surface area contributed by atoms with Crippen molar-refractivity contribution >= 4 is 21.8 Å². The Hall–Kier alpha value is -7.85. The second kappa shape index (κ2) is 15.6. The van der Waals surface area contributed by atoms with Gasteiger partial charge in [0, 0.05) is 33.2 Å². The van der Waals surface area contributed by atoms with Gasteiger partial charge in [0.2, 0.25) is 0 Å². The van der Waals surface area contributed by atoms with Crippen LogP contribution >= 0.6 is 0 Å². The normalized spacial score (nSPS) is 12.0. The van der Waals surface area contributed by atoms with Crippen LogP contribution in [0.5, 0.6) is 0 Å². The van der Waals surface area contributed by atoms with E-state index in [9.17, 15) is 26.3 Å². The molecule has 4 nitrogen and oxygen atoms in total. The van der Waals surface area contributed by atoms with Crippen LogP contribution in [-0.2, 0) is 12.4 Å². The standard InChI is InChI=1S/C53H32F6N4/c54-52(55,56)39-23-25-42(46(31-39)53(57,58)59)41-26-24-40(32-45(41)51-61-49(35-17-9-3-10-18-35)60-50(62-51)36-19-11-4-12-20-36)63-47-27-21-37(33-13-5-1-6-14-33)29-43(47)44-30-38(22-28-48(44)63)34-15-7-2-8-16-34/h1-32H. The summed E-state index contributed by atoms with van der Waals surface area (Å²) in [6.07, 6.45) is -10.2. The van der Waals surface area contributed by atoms with Crippen molar-refractivity contribution in [2.75, 3.05) is 0 Å². The monoisotopic (exact) mass is 838 g/mol. The van der Waals surface area contributed by atoms with Crippen LogP contribution in [0.2, 0.25) is 0 Å². The maximum atomic E-state index is 15.0. The highest BCUT2D eigenvalue weighted by molar-refractivity contribution is 6.12.